The molecule has 2 aliphatic rings. The molecule has 1 aliphatic carbocycles. The first-order chi connectivity index (χ1) is 13.8. The van der Waals surface area contributed by atoms with Crippen molar-refractivity contribution in [1.82, 2.24) is 15.5 Å². The third-order valence-electron chi connectivity index (χ3n) is 6.46. The summed E-state index contributed by atoms with van der Waals surface area (Å²) in [5.74, 6) is 0.921. The summed E-state index contributed by atoms with van der Waals surface area (Å²) in [5.41, 5.74) is 1.29. The number of hydrogen-bond donors (Lipinski definition) is 2. The zero-order chi connectivity index (χ0) is 19.2. The fourth-order valence-corrected chi connectivity index (χ4v) is 4.78. The lowest BCUT2D eigenvalue weighted by Crippen LogP contribution is -2.50. The molecule has 2 N–H and O–H groups in total. The number of likely N-dealkylation sites (tertiary alicyclic amines) is 1. The second-order valence-corrected chi connectivity index (χ2v) is 8.35. The molecule has 2 fully saturated rings. The van der Waals surface area contributed by atoms with Gasteiger partial charge in [-0.1, -0.05) is 55.7 Å². The standard InChI is InChI=1S/C24H34N4.HI/c1-25-24(26-18-19-11-12-20-7-5-6-8-21(20)17-19)27-22-13-15-28(16-14-22)23-9-3-2-4-10-23;/h5-8,11-12,17,22-23H,2-4,9-10,13-16,18H2,1H3,(H2,25,26,27);1H. The second kappa shape index (κ2) is 11.2. The minimum absolute atomic E-state index is 0. The molecule has 0 amide bonds. The lowest BCUT2D eigenvalue weighted by molar-refractivity contribution is 0.119. The van der Waals surface area contributed by atoms with E-state index < -0.39 is 0 Å². The van der Waals surface area contributed by atoms with Crippen molar-refractivity contribution >= 4 is 40.7 Å². The van der Waals surface area contributed by atoms with Crippen LogP contribution in [-0.2, 0) is 6.54 Å². The van der Waals surface area contributed by atoms with Gasteiger partial charge in [-0.25, -0.2) is 0 Å². The Kier molecular flexibility index (Phi) is 8.60. The monoisotopic (exact) mass is 506 g/mol. The zero-order valence-electron chi connectivity index (χ0n) is 17.6. The van der Waals surface area contributed by atoms with E-state index in [0.29, 0.717) is 6.04 Å². The van der Waals surface area contributed by atoms with Crippen LogP contribution < -0.4 is 10.6 Å². The maximum Gasteiger partial charge on any atom is 0.191 e. The molecule has 0 unspecified atom stereocenters. The first-order valence-corrected chi connectivity index (χ1v) is 11.0. The van der Waals surface area contributed by atoms with Crippen molar-refractivity contribution in [3.8, 4) is 0 Å². The lowest BCUT2D eigenvalue weighted by Gasteiger charge is -2.39. The highest BCUT2D eigenvalue weighted by atomic mass is 127. The summed E-state index contributed by atoms with van der Waals surface area (Å²) in [4.78, 5) is 7.19. The molecule has 1 heterocycles. The quantitative estimate of drug-likeness (QED) is 0.352. The molecule has 2 aromatic rings. The van der Waals surface area contributed by atoms with Gasteiger partial charge in [0.05, 0.1) is 0 Å². The molecule has 1 saturated carbocycles. The molecule has 5 heteroatoms. The summed E-state index contributed by atoms with van der Waals surface area (Å²) in [6.07, 6.45) is 9.54. The number of nitrogens with one attached hydrogen (secondary N) is 2. The molecule has 0 atom stereocenters. The number of halogens is 1. The summed E-state index contributed by atoms with van der Waals surface area (Å²) in [5, 5.41) is 9.73. The molecule has 158 valence electrons. The smallest absolute Gasteiger partial charge is 0.191 e. The van der Waals surface area contributed by atoms with Crippen LogP contribution in [-0.4, -0.2) is 43.1 Å². The Labute approximate surface area is 192 Å². The third-order valence-corrected chi connectivity index (χ3v) is 6.46. The Morgan fingerprint density at radius 2 is 1.69 bits per heavy atom. The highest BCUT2D eigenvalue weighted by Gasteiger charge is 2.26. The average Bonchev–Trinajstić information content (AvgIpc) is 2.77. The SMILES string of the molecule is CN=C(NCc1ccc2ccccc2c1)NC1CCN(C2CCCCC2)CC1.I. The van der Waals surface area contributed by atoms with Crippen LogP contribution in [0.2, 0.25) is 0 Å². The number of guanidine groups is 1. The van der Waals surface area contributed by atoms with Crippen molar-refractivity contribution < 1.29 is 0 Å². The van der Waals surface area contributed by atoms with Gasteiger partial charge in [0.1, 0.15) is 0 Å². The minimum Gasteiger partial charge on any atom is -0.354 e. The number of fused-ring (bicyclic) bond motifs is 1. The van der Waals surface area contributed by atoms with Gasteiger partial charge in [-0.05, 0) is 48.1 Å². The van der Waals surface area contributed by atoms with E-state index in [0.717, 1.165) is 18.5 Å². The van der Waals surface area contributed by atoms with Gasteiger partial charge in [0, 0.05) is 38.8 Å². The number of rotatable bonds is 4. The van der Waals surface area contributed by atoms with Crippen LogP contribution in [0, 0.1) is 0 Å². The van der Waals surface area contributed by atoms with E-state index in [-0.39, 0.29) is 24.0 Å². The molecule has 0 aromatic heterocycles. The van der Waals surface area contributed by atoms with Gasteiger partial charge < -0.3 is 15.5 Å². The van der Waals surface area contributed by atoms with Crippen molar-refractivity contribution in [2.75, 3.05) is 20.1 Å². The van der Waals surface area contributed by atoms with E-state index >= 15 is 0 Å². The maximum absolute atomic E-state index is 4.45. The van der Waals surface area contributed by atoms with Crippen molar-refractivity contribution in [2.24, 2.45) is 4.99 Å². The summed E-state index contributed by atoms with van der Waals surface area (Å²) in [6, 6.07) is 16.6. The molecule has 1 aliphatic heterocycles. The van der Waals surface area contributed by atoms with E-state index in [1.165, 1.54) is 74.4 Å². The van der Waals surface area contributed by atoms with Crippen LogP contribution in [0.15, 0.2) is 47.5 Å². The molecular weight excluding hydrogens is 471 g/mol. The average molecular weight is 506 g/mol. The highest BCUT2D eigenvalue weighted by Crippen LogP contribution is 2.25. The van der Waals surface area contributed by atoms with E-state index in [1.807, 2.05) is 7.05 Å². The summed E-state index contributed by atoms with van der Waals surface area (Å²) < 4.78 is 0. The predicted molar refractivity (Wildman–Crippen MR) is 134 cm³/mol. The van der Waals surface area contributed by atoms with E-state index in [1.54, 1.807) is 0 Å². The van der Waals surface area contributed by atoms with E-state index in [4.69, 9.17) is 0 Å². The molecule has 1 saturated heterocycles. The lowest BCUT2D eigenvalue weighted by atomic mass is 9.92. The van der Waals surface area contributed by atoms with Crippen LogP contribution in [0.25, 0.3) is 10.8 Å². The van der Waals surface area contributed by atoms with Gasteiger partial charge in [0.25, 0.3) is 0 Å². The molecule has 4 nitrogen and oxygen atoms in total. The van der Waals surface area contributed by atoms with Crippen LogP contribution in [0.3, 0.4) is 0 Å². The summed E-state index contributed by atoms with van der Waals surface area (Å²) in [6.45, 7) is 3.25. The van der Waals surface area contributed by atoms with E-state index in [2.05, 4.69) is 63.0 Å². The first-order valence-electron chi connectivity index (χ1n) is 11.0. The number of nitrogens with zero attached hydrogens (tertiary/aromatic N) is 2. The third kappa shape index (κ3) is 6.07. The zero-order valence-corrected chi connectivity index (χ0v) is 19.9. The van der Waals surface area contributed by atoms with Crippen LogP contribution >= 0.6 is 24.0 Å². The van der Waals surface area contributed by atoms with Crippen LogP contribution in [0.5, 0.6) is 0 Å². The molecule has 29 heavy (non-hydrogen) atoms. The van der Waals surface area contributed by atoms with Crippen molar-refractivity contribution in [3.63, 3.8) is 0 Å². The fourth-order valence-electron chi connectivity index (χ4n) is 4.78. The largest absolute Gasteiger partial charge is 0.354 e. The van der Waals surface area contributed by atoms with E-state index in [9.17, 15) is 0 Å². The predicted octanol–water partition coefficient (Wildman–Crippen LogP) is 4.92. The minimum atomic E-state index is 0. The summed E-state index contributed by atoms with van der Waals surface area (Å²) in [7, 11) is 1.87. The number of piperidine rings is 1. The number of benzene rings is 2. The number of hydrogen-bond acceptors (Lipinski definition) is 2. The van der Waals surface area contributed by atoms with Crippen molar-refractivity contribution in [3.05, 3.63) is 48.0 Å². The Hall–Kier alpha value is -1.34. The first kappa shape index (κ1) is 22.3. The number of aliphatic imine (C=N–C) groups is 1. The molecule has 0 bridgehead atoms. The van der Waals surface area contributed by atoms with Gasteiger partial charge in [-0.3, -0.25) is 4.99 Å². The van der Waals surface area contributed by atoms with Gasteiger partial charge in [-0.15, -0.1) is 24.0 Å². The normalized spacial score (nSPS) is 19.7. The molecule has 2 aromatic carbocycles. The molecule has 4 rings (SSSR count). The highest BCUT2D eigenvalue weighted by molar-refractivity contribution is 14.0. The molecular formula is C24H35IN4. The topological polar surface area (TPSA) is 39.7 Å². The fraction of sp³-hybridized carbons (Fsp3) is 0.542. The van der Waals surface area contributed by atoms with Crippen LogP contribution in [0.4, 0.5) is 0 Å². The Balaban J connectivity index is 0.00000240. The summed E-state index contributed by atoms with van der Waals surface area (Å²) >= 11 is 0. The Morgan fingerprint density at radius 3 is 2.41 bits per heavy atom. The van der Waals surface area contributed by atoms with Crippen molar-refractivity contribution in [2.45, 2.75) is 63.6 Å². The van der Waals surface area contributed by atoms with Gasteiger partial charge in [0.15, 0.2) is 5.96 Å². The maximum atomic E-state index is 4.45. The van der Waals surface area contributed by atoms with Crippen LogP contribution in [0.1, 0.15) is 50.5 Å². The Bertz CT molecular complexity index is 792. The molecule has 0 spiro atoms. The van der Waals surface area contributed by atoms with Gasteiger partial charge >= 0.3 is 0 Å². The molecule has 0 radical (unpaired) electrons. The van der Waals surface area contributed by atoms with Gasteiger partial charge in [-0.2, -0.15) is 0 Å². The van der Waals surface area contributed by atoms with Gasteiger partial charge in [0.2, 0.25) is 0 Å². The second-order valence-electron chi connectivity index (χ2n) is 8.35. The van der Waals surface area contributed by atoms with Crippen molar-refractivity contribution in [1.29, 1.82) is 0 Å². The Morgan fingerprint density at radius 1 is 0.966 bits per heavy atom.